The molecule has 0 unspecified atom stereocenters. The molecule has 1 N–H and O–H groups in total. The maximum Gasteiger partial charge on any atom is 0.261 e. The normalized spacial score (nSPS) is 12.4. The van der Waals surface area contributed by atoms with E-state index in [4.69, 9.17) is 0 Å². The summed E-state index contributed by atoms with van der Waals surface area (Å²) in [6.45, 7) is 0. The van der Waals surface area contributed by atoms with E-state index in [1.54, 1.807) is 30.3 Å². The number of fused-ring (bicyclic) bond motifs is 1. The molecule has 0 bridgehead atoms. The number of hydrogen-bond acceptors (Lipinski definition) is 6. The zero-order valence-corrected chi connectivity index (χ0v) is 16.3. The summed E-state index contributed by atoms with van der Waals surface area (Å²) in [5.41, 5.74) is 0.848. The van der Waals surface area contributed by atoms with E-state index in [0.717, 1.165) is 22.1 Å². The van der Waals surface area contributed by atoms with Crippen molar-refractivity contribution in [2.45, 2.75) is 9.24 Å². The van der Waals surface area contributed by atoms with E-state index >= 15 is 0 Å². The maximum atomic E-state index is 12.4. The molecular formula is C14H11BrN2O4S3. The van der Waals surface area contributed by atoms with Crippen molar-refractivity contribution in [1.82, 2.24) is 4.98 Å². The number of sulfone groups is 1. The van der Waals surface area contributed by atoms with Crippen molar-refractivity contribution < 1.29 is 16.8 Å². The van der Waals surface area contributed by atoms with Gasteiger partial charge in [0.25, 0.3) is 10.0 Å². The number of halogens is 1. The number of rotatable bonds is 4. The fourth-order valence-corrected chi connectivity index (χ4v) is 5.14. The topological polar surface area (TPSA) is 93.2 Å². The molecule has 6 nitrogen and oxygen atoms in total. The van der Waals surface area contributed by atoms with Crippen LogP contribution in [0.3, 0.4) is 0 Å². The van der Waals surface area contributed by atoms with Crippen molar-refractivity contribution in [1.29, 1.82) is 0 Å². The van der Waals surface area contributed by atoms with Gasteiger partial charge in [-0.25, -0.2) is 21.8 Å². The first-order chi connectivity index (χ1) is 11.1. The molecule has 0 amide bonds. The fraction of sp³-hybridized carbons (Fsp3) is 0.0714. The second kappa shape index (κ2) is 6.10. The maximum absolute atomic E-state index is 12.4. The van der Waals surface area contributed by atoms with E-state index in [0.29, 0.717) is 15.9 Å². The van der Waals surface area contributed by atoms with Gasteiger partial charge in [-0.1, -0.05) is 15.9 Å². The largest absolute Gasteiger partial charge is 0.280 e. The van der Waals surface area contributed by atoms with Crippen LogP contribution in [-0.2, 0) is 19.9 Å². The van der Waals surface area contributed by atoms with Crippen molar-refractivity contribution >= 4 is 63.0 Å². The summed E-state index contributed by atoms with van der Waals surface area (Å²) in [5.74, 6) is 0. The van der Waals surface area contributed by atoms with Gasteiger partial charge in [-0.2, -0.15) is 0 Å². The van der Waals surface area contributed by atoms with Gasteiger partial charge in [0, 0.05) is 10.7 Å². The average molecular weight is 447 g/mol. The highest BCUT2D eigenvalue weighted by molar-refractivity contribution is 9.10. The molecule has 3 aromatic rings. The van der Waals surface area contributed by atoms with E-state index < -0.39 is 19.9 Å². The van der Waals surface area contributed by atoms with Gasteiger partial charge in [0.1, 0.15) is 0 Å². The van der Waals surface area contributed by atoms with E-state index in [1.165, 1.54) is 12.1 Å². The fourth-order valence-electron chi connectivity index (χ4n) is 1.95. The SMILES string of the molecule is CS(=O)(=O)c1nc2ccc(NS(=O)(=O)c3ccc(Br)cc3)cc2s1. The van der Waals surface area contributed by atoms with Gasteiger partial charge in [0.2, 0.25) is 14.2 Å². The summed E-state index contributed by atoms with van der Waals surface area (Å²) < 4.78 is 51.7. The summed E-state index contributed by atoms with van der Waals surface area (Å²) in [6, 6.07) is 10.9. The standard InChI is InChI=1S/C14H11BrN2O4S3/c1-23(18,19)14-16-12-7-4-10(8-13(12)22-14)17-24(20,21)11-5-2-9(15)3-6-11/h2-8,17H,1H3. The van der Waals surface area contributed by atoms with Crippen molar-refractivity contribution in [3.63, 3.8) is 0 Å². The Bertz CT molecular complexity index is 1120. The van der Waals surface area contributed by atoms with Crippen molar-refractivity contribution in [3.05, 3.63) is 46.9 Å². The van der Waals surface area contributed by atoms with E-state index in [2.05, 4.69) is 25.6 Å². The number of nitrogens with zero attached hydrogens (tertiary/aromatic N) is 1. The van der Waals surface area contributed by atoms with Gasteiger partial charge >= 0.3 is 0 Å². The van der Waals surface area contributed by atoms with E-state index in [9.17, 15) is 16.8 Å². The molecule has 24 heavy (non-hydrogen) atoms. The van der Waals surface area contributed by atoms with Crippen LogP contribution in [0.25, 0.3) is 10.2 Å². The molecule has 0 atom stereocenters. The average Bonchev–Trinajstić information content (AvgIpc) is 2.90. The van der Waals surface area contributed by atoms with Crippen LogP contribution in [0, 0.1) is 0 Å². The molecule has 2 aromatic carbocycles. The molecule has 126 valence electrons. The third-order valence-corrected chi connectivity index (χ3v) is 7.68. The highest BCUT2D eigenvalue weighted by Gasteiger charge is 2.17. The summed E-state index contributed by atoms with van der Waals surface area (Å²) in [6.07, 6.45) is 1.09. The lowest BCUT2D eigenvalue weighted by molar-refractivity contribution is 0.599. The molecule has 0 spiro atoms. The highest BCUT2D eigenvalue weighted by Crippen LogP contribution is 2.29. The second-order valence-electron chi connectivity index (χ2n) is 4.99. The first kappa shape index (κ1) is 17.3. The zero-order valence-electron chi connectivity index (χ0n) is 12.2. The Morgan fingerprint density at radius 1 is 1.04 bits per heavy atom. The van der Waals surface area contributed by atoms with Crippen LogP contribution in [0.4, 0.5) is 5.69 Å². The lowest BCUT2D eigenvalue weighted by Gasteiger charge is -2.08. The van der Waals surface area contributed by atoms with Crippen LogP contribution >= 0.6 is 27.3 Å². The monoisotopic (exact) mass is 446 g/mol. The second-order valence-corrected chi connectivity index (χ2v) is 10.8. The van der Waals surface area contributed by atoms with Crippen LogP contribution in [0.2, 0.25) is 0 Å². The van der Waals surface area contributed by atoms with Crippen LogP contribution in [0.5, 0.6) is 0 Å². The van der Waals surface area contributed by atoms with Gasteiger partial charge in [0.15, 0.2) is 0 Å². The minimum absolute atomic E-state index is 0.00502. The Kier molecular flexibility index (Phi) is 4.41. The molecule has 0 fully saturated rings. The quantitative estimate of drug-likeness (QED) is 0.663. The molecule has 0 aliphatic heterocycles. The minimum Gasteiger partial charge on any atom is -0.280 e. The molecular weight excluding hydrogens is 436 g/mol. The molecule has 3 rings (SSSR count). The molecule has 0 aliphatic carbocycles. The molecule has 0 saturated heterocycles. The first-order valence-corrected chi connectivity index (χ1v) is 11.5. The van der Waals surface area contributed by atoms with Crippen LogP contribution in [0.1, 0.15) is 0 Å². The molecule has 0 radical (unpaired) electrons. The number of nitrogens with one attached hydrogen (secondary N) is 1. The Labute approximate surface area is 151 Å². The highest BCUT2D eigenvalue weighted by atomic mass is 79.9. The number of sulfonamides is 1. The van der Waals surface area contributed by atoms with Gasteiger partial charge in [-0.15, -0.1) is 11.3 Å². The van der Waals surface area contributed by atoms with Crippen LogP contribution in [-0.4, -0.2) is 28.1 Å². The molecule has 0 aliphatic rings. The summed E-state index contributed by atoms with van der Waals surface area (Å²) in [7, 11) is -7.12. The van der Waals surface area contributed by atoms with Crippen molar-refractivity contribution in [2.75, 3.05) is 11.0 Å². The third kappa shape index (κ3) is 3.61. The van der Waals surface area contributed by atoms with E-state index in [1.807, 2.05) is 0 Å². The number of hydrogen-bond donors (Lipinski definition) is 1. The van der Waals surface area contributed by atoms with Crippen LogP contribution in [0.15, 0.2) is 56.2 Å². The van der Waals surface area contributed by atoms with Crippen molar-refractivity contribution in [3.8, 4) is 0 Å². The summed E-state index contributed by atoms with van der Waals surface area (Å²) in [5, 5.41) is 0. The van der Waals surface area contributed by atoms with Gasteiger partial charge in [0.05, 0.1) is 20.8 Å². The summed E-state index contributed by atoms with van der Waals surface area (Å²) >= 11 is 4.26. The molecule has 0 saturated carbocycles. The smallest absolute Gasteiger partial charge is 0.261 e. The summed E-state index contributed by atoms with van der Waals surface area (Å²) in [4.78, 5) is 4.17. The number of benzene rings is 2. The van der Waals surface area contributed by atoms with Crippen LogP contribution < -0.4 is 4.72 Å². The van der Waals surface area contributed by atoms with Gasteiger partial charge in [-0.05, 0) is 42.5 Å². The lowest BCUT2D eigenvalue weighted by atomic mass is 10.3. The number of thiazole rings is 1. The number of anilines is 1. The van der Waals surface area contributed by atoms with Gasteiger partial charge in [-0.3, -0.25) is 4.72 Å². The number of aromatic nitrogens is 1. The van der Waals surface area contributed by atoms with Crippen molar-refractivity contribution in [2.24, 2.45) is 0 Å². The minimum atomic E-state index is -3.73. The lowest BCUT2D eigenvalue weighted by Crippen LogP contribution is -2.12. The van der Waals surface area contributed by atoms with E-state index in [-0.39, 0.29) is 9.24 Å². The Morgan fingerprint density at radius 3 is 2.33 bits per heavy atom. The Hall–Kier alpha value is -1.49. The zero-order chi connectivity index (χ0) is 17.5. The molecule has 10 heteroatoms. The predicted molar refractivity (Wildman–Crippen MR) is 97.7 cm³/mol. The molecule has 1 aromatic heterocycles. The Morgan fingerprint density at radius 2 is 1.71 bits per heavy atom. The third-order valence-electron chi connectivity index (χ3n) is 3.06. The molecule has 1 heterocycles. The van der Waals surface area contributed by atoms with Gasteiger partial charge < -0.3 is 0 Å². The first-order valence-electron chi connectivity index (χ1n) is 6.54. The Balaban J connectivity index is 1.96. The predicted octanol–water partition coefficient (Wildman–Crippen LogP) is 3.26.